The molecule has 0 spiro atoms. The fourth-order valence-electron chi connectivity index (χ4n) is 2.09. The van der Waals surface area contributed by atoms with Crippen molar-refractivity contribution in [3.63, 3.8) is 0 Å². The Morgan fingerprint density at radius 1 is 1.21 bits per heavy atom. The van der Waals surface area contributed by atoms with Crippen LogP contribution in [0.1, 0.15) is 17.4 Å². The highest BCUT2D eigenvalue weighted by Crippen LogP contribution is 2.10. The van der Waals surface area contributed by atoms with Gasteiger partial charge in [-0.1, -0.05) is 18.2 Å². The summed E-state index contributed by atoms with van der Waals surface area (Å²) in [6, 6.07) is 11.9. The fourth-order valence-corrected chi connectivity index (χ4v) is 2.79. The zero-order valence-corrected chi connectivity index (χ0v) is 16.8. The van der Waals surface area contributed by atoms with Gasteiger partial charge in [0.2, 0.25) is 5.91 Å². The number of nitrogens with two attached hydrogens (primary N) is 1. The van der Waals surface area contributed by atoms with Gasteiger partial charge in [-0.2, -0.15) is 0 Å². The van der Waals surface area contributed by atoms with Gasteiger partial charge in [0, 0.05) is 37.0 Å². The number of hydrogen-bond acceptors (Lipinski definition) is 3. The normalized spacial score (nSPS) is 10.8. The molecule has 0 aliphatic carbocycles. The zero-order chi connectivity index (χ0) is 16.5. The van der Waals surface area contributed by atoms with Gasteiger partial charge in [0.1, 0.15) is 0 Å². The average Bonchev–Trinajstić information content (AvgIpc) is 3.02. The van der Waals surface area contributed by atoms with E-state index in [4.69, 9.17) is 5.73 Å². The number of halogens is 1. The van der Waals surface area contributed by atoms with Crippen molar-refractivity contribution in [3.8, 4) is 0 Å². The van der Waals surface area contributed by atoms with Crippen LogP contribution in [-0.2, 0) is 17.6 Å². The number of thiophene rings is 1. The second kappa shape index (κ2) is 11.0. The molecule has 130 valence electrons. The molecule has 0 saturated carbocycles. The van der Waals surface area contributed by atoms with Gasteiger partial charge in [0.05, 0.1) is 0 Å². The lowest BCUT2D eigenvalue weighted by atomic mass is 10.1. The van der Waals surface area contributed by atoms with Crippen molar-refractivity contribution in [2.24, 2.45) is 10.7 Å². The largest absolute Gasteiger partial charge is 0.370 e. The van der Waals surface area contributed by atoms with Crippen LogP contribution < -0.4 is 16.4 Å². The average molecular weight is 458 g/mol. The van der Waals surface area contributed by atoms with E-state index < -0.39 is 0 Å². The van der Waals surface area contributed by atoms with E-state index in [1.165, 1.54) is 17.4 Å². The highest BCUT2D eigenvalue weighted by atomic mass is 127. The van der Waals surface area contributed by atoms with Crippen LogP contribution in [-0.4, -0.2) is 25.0 Å². The molecule has 1 aromatic heterocycles. The summed E-state index contributed by atoms with van der Waals surface area (Å²) in [6.45, 7) is 2.93. The number of aliphatic imine (C=N–C) groups is 1. The van der Waals surface area contributed by atoms with Crippen LogP contribution >= 0.6 is 35.3 Å². The van der Waals surface area contributed by atoms with Gasteiger partial charge in [-0.25, -0.2) is 0 Å². The van der Waals surface area contributed by atoms with Crippen LogP contribution in [0, 0.1) is 0 Å². The van der Waals surface area contributed by atoms with Gasteiger partial charge in [0.15, 0.2) is 5.96 Å². The van der Waals surface area contributed by atoms with Crippen molar-refractivity contribution in [2.75, 3.05) is 18.4 Å². The number of guanidine groups is 1. The molecule has 0 saturated heterocycles. The smallest absolute Gasteiger partial charge is 0.221 e. The maximum atomic E-state index is 11.0. The molecule has 0 radical (unpaired) electrons. The maximum absolute atomic E-state index is 11.0. The van der Waals surface area contributed by atoms with Crippen molar-refractivity contribution in [3.05, 3.63) is 52.2 Å². The minimum atomic E-state index is -0.0639. The second-order valence-corrected chi connectivity index (χ2v) is 6.18. The molecular weight excluding hydrogens is 435 g/mol. The fraction of sp³-hybridized carbons (Fsp3) is 0.294. The third-order valence-electron chi connectivity index (χ3n) is 3.21. The predicted octanol–water partition coefficient (Wildman–Crippen LogP) is 3.01. The molecule has 4 N–H and O–H groups in total. The van der Waals surface area contributed by atoms with E-state index in [1.807, 2.05) is 30.3 Å². The van der Waals surface area contributed by atoms with Gasteiger partial charge in [-0.3, -0.25) is 9.79 Å². The molecule has 2 aromatic rings. The van der Waals surface area contributed by atoms with Gasteiger partial charge in [-0.05, 0) is 35.6 Å². The summed E-state index contributed by atoms with van der Waals surface area (Å²) in [6.07, 6.45) is 1.77. The molecule has 0 unspecified atom stereocenters. The second-order valence-electron chi connectivity index (χ2n) is 5.15. The zero-order valence-electron chi connectivity index (χ0n) is 13.6. The summed E-state index contributed by atoms with van der Waals surface area (Å²) in [5.74, 6) is 0.419. The number of nitrogens with one attached hydrogen (secondary N) is 2. The molecule has 1 heterocycles. The van der Waals surface area contributed by atoms with E-state index in [0.29, 0.717) is 12.5 Å². The summed E-state index contributed by atoms with van der Waals surface area (Å²) in [5.41, 5.74) is 7.84. The molecule has 24 heavy (non-hydrogen) atoms. The van der Waals surface area contributed by atoms with Gasteiger partial charge in [0.25, 0.3) is 0 Å². The number of anilines is 1. The Bertz CT molecular complexity index is 641. The van der Waals surface area contributed by atoms with E-state index in [-0.39, 0.29) is 29.9 Å². The Kier molecular flexibility index (Phi) is 9.39. The highest BCUT2D eigenvalue weighted by Gasteiger charge is 1.98. The molecule has 0 atom stereocenters. The molecule has 7 heteroatoms. The first-order chi connectivity index (χ1) is 11.1. The van der Waals surface area contributed by atoms with E-state index >= 15 is 0 Å². The van der Waals surface area contributed by atoms with Crippen LogP contribution in [0.3, 0.4) is 0 Å². The van der Waals surface area contributed by atoms with Crippen LogP contribution in [0.4, 0.5) is 5.69 Å². The van der Waals surface area contributed by atoms with Crippen LogP contribution in [0.15, 0.2) is 46.8 Å². The Morgan fingerprint density at radius 2 is 1.96 bits per heavy atom. The lowest BCUT2D eigenvalue weighted by Gasteiger charge is -2.07. The molecular formula is C17H23IN4OS. The number of hydrogen-bond donors (Lipinski definition) is 3. The monoisotopic (exact) mass is 458 g/mol. The van der Waals surface area contributed by atoms with Crippen LogP contribution in [0.25, 0.3) is 0 Å². The third-order valence-corrected chi connectivity index (χ3v) is 4.15. The van der Waals surface area contributed by atoms with Crippen molar-refractivity contribution < 1.29 is 4.79 Å². The Balaban J connectivity index is 0.00000288. The molecule has 2 rings (SSSR count). The van der Waals surface area contributed by atoms with E-state index in [9.17, 15) is 4.79 Å². The van der Waals surface area contributed by atoms with Gasteiger partial charge < -0.3 is 16.4 Å². The molecule has 5 nitrogen and oxygen atoms in total. The molecule has 0 fully saturated rings. The van der Waals surface area contributed by atoms with Crippen molar-refractivity contribution in [1.29, 1.82) is 0 Å². The Labute approximate surface area is 163 Å². The van der Waals surface area contributed by atoms with Crippen LogP contribution in [0.5, 0.6) is 0 Å². The maximum Gasteiger partial charge on any atom is 0.221 e. The third kappa shape index (κ3) is 7.78. The number of rotatable bonds is 7. The van der Waals surface area contributed by atoms with Crippen molar-refractivity contribution in [1.82, 2.24) is 5.32 Å². The van der Waals surface area contributed by atoms with Crippen molar-refractivity contribution in [2.45, 2.75) is 19.8 Å². The molecule has 1 amide bonds. The van der Waals surface area contributed by atoms with Crippen LogP contribution in [0.2, 0.25) is 0 Å². The highest BCUT2D eigenvalue weighted by molar-refractivity contribution is 14.0. The molecule has 0 bridgehead atoms. The minimum Gasteiger partial charge on any atom is -0.370 e. The summed E-state index contributed by atoms with van der Waals surface area (Å²) in [4.78, 5) is 16.6. The number of carbonyl (C=O) groups is 1. The summed E-state index contributed by atoms with van der Waals surface area (Å²) < 4.78 is 0. The quantitative estimate of drug-likeness (QED) is 0.339. The number of carbonyl (C=O) groups excluding carboxylic acids is 1. The first kappa shape index (κ1) is 20.4. The SMILES string of the molecule is CC(=O)Nc1ccc(CCNC(N)=NCCc2cccs2)cc1.I. The Morgan fingerprint density at radius 3 is 2.58 bits per heavy atom. The lowest BCUT2D eigenvalue weighted by Crippen LogP contribution is -2.33. The van der Waals surface area contributed by atoms with Gasteiger partial charge >= 0.3 is 0 Å². The standard InChI is InChI=1S/C17H22N4OS.HI/c1-13(22)21-15-6-4-14(5-7-15)8-10-19-17(18)20-11-9-16-3-2-12-23-16;/h2-7,12H,8-11H2,1H3,(H,21,22)(H3,18,19,20);1H. The molecule has 0 aliphatic heterocycles. The number of benzene rings is 1. The first-order valence-electron chi connectivity index (χ1n) is 7.56. The Hall–Kier alpha value is -1.61. The van der Waals surface area contributed by atoms with E-state index in [2.05, 4.69) is 27.1 Å². The van der Waals surface area contributed by atoms with E-state index in [0.717, 1.165) is 25.1 Å². The summed E-state index contributed by atoms with van der Waals surface area (Å²) in [7, 11) is 0. The van der Waals surface area contributed by atoms with E-state index in [1.54, 1.807) is 11.3 Å². The lowest BCUT2D eigenvalue weighted by molar-refractivity contribution is -0.114. The molecule has 1 aromatic carbocycles. The number of nitrogens with zero attached hydrogens (tertiary/aromatic N) is 1. The summed E-state index contributed by atoms with van der Waals surface area (Å²) in [5, 5.41) is 7.93. The summed E-state index contributed by atoms with van der Waals surface area (Å²) >= 11 is 1.74. The topological polar surface area (TPSA) is 79.5 Å². The van der Waals surface area contributed by atoms with Gasteiger partial charge in [-0.15, -0.1) is 35.3 Å². The number of amides is 1. The predicted molar refractivity (Wildman–Crippen MR) is 112 cm³/mol. The molecule has 0 aliphatic rings. The minimum absolute atomic E-state index is 0. The first-order valence-corrected chi connectivity index (χ1v) is 8.44. The van der Waals surface area contributed by atoms with Crippen molar-refractivity contribution >= 4 is 52.9 Å².